The lowest BCUT2D eigenvalue weighted by Crippen LogP contribution is -2.43. The Bertz CT molecular complexity index is 1500. The molecule has 0 radical (unpaired) electrons. The summed E-state index contributed by atoms with van der Waals surface area (Å²) < 4.78 is 31.5. The molecule has 208 valence electrons. The molecule has 1 fully saturated rings. The van der Waals surface area contributed by atoms with Gasteiger partial charge in [0, 0.05) is 62.1 Å². The van der Waals surface area contributed by atoms with Crippen molar-refractivity contribution in [3.8, 4) is 28.4 Å². The van der Waals surface area contributed by atoms with Gasteiger partial charge in [-0.15, -0.1) is 0 Å². The second-order valence-corrected chi connectivity index (χ2v) is 9.82. The lowest BCUT2D eigenvalue weighted by atomic mass is 9.98. The van der Waals surface area contributed by atoms with Crippen LogP contribution in [0.4, 0.5) is 15.0 Å². The first-order valence-corrected chi connectivity index (χ1v) is 13.1. The standard InChI is InChI=1S/C29H29ClFN5O4/c1-35-11-13-36(14-12-35)17-18-6-9-24(33-16-18)34-29(37)40-21-8-7-19(20-5-4-10-32-28(20)21)25-26(30)22(38-2)15-23(39-3)27(25)31/h4-10,15-16H,11-14,17H2,1-3H3,(H,33,34,37). The number of likely N-dealkylation sites (N-methyl/N-ethyl adjacent to an activating group) is 1. The zero-order chi connectivity index (χ0) is 28.2. The number of rotatable bonds is 7. The third-order valence-electron chi connectivity index (χ3n) is 6.84. The van der Waals surface area contributed by atoms with Crippen molar-refractivity contribution < 1.29 is 23.4 Å². The average Bonchev–Trinajstić information content (AvgIpc) is 2.96. The molecule has 2 aromatic heterocycles. The number of aromatic nitrogens is 2. The van der Waals surface area contributed by atoms with Crippen molar-refractivity contribution in [2.24, 2.45) is 0 Å². The molecule has 0 saturated carbocycles. The minimum absolute atomic E-state index is 0.0185. The molecule has 1 aliphatic rings. The number of nitrogens with one attached hydrogen (secondary N) is 1. The van der Waals surface area contributed by atoms with Crippen LogP contribution in [0, 0.1) is 5.82 Å². The molecule has 1 N–H and O–H groups in total. The molecule has 0 spiro atoms. The third kappa shape index (κ3) is 5.79. The van der Waals surface area contributed by atoms with E-state index in [0.717, 1.165) is 38.3 Å². The van der Waals surface area contributed by atoms with Gasteiger partial charge >= 0.3 is 6.09 Å². The van der Waals surface area contributed by atoms with Crippen molar-refractivity contribution in [3.05, 3.63) is 71.3 Å². The van der Waals surface area contributed by atoms with Gasteiger partial charge in [-0.05, 0) is 42.4 Å². The Balaban J connectivity index is 1.35. The number of hydrogen-bond acceptors (Lipinski definition) is 8. The lowest BCUT2D eigenvalue weighted by molar-refractivity contribution is 0.148. The predicted octanol–water partition coefficient (Wildman–Crippen LogP) is 5.46. The monoisotopic (exact) mass is 565 g/mol. The highest BCUT2D eigenvalue weighted by molar-refractivity contribution is 6.35. The molecule has 9 nitrogen and oxygen atoms in total. The van der Waals surface area contributed by atoms with Crippen LogP contribution in [0.25, 0.3) is 22.0 Å². The fourth-order valence-corrected chi connectivity index (χ4v) is 4.97. The second-order valence-electron chi connectivity index (χ2n) is 9.44. The molecule has 40 heavy (non-hydrogen) atoms. The molecule has 0 bridgehead atoms. The summed E-state index contributed by atoms with van der Waals surface area (Å²) in [5, 5.41) is 3.26. The number of anilines is 1. The van der Waals surface area contributed by atoms with E-state index in [4.69, 9.17) is 25.8 Å². The molecule has 1 saturated heterocycles. The first kappa shape index (κ1) is 27.6. The Morgan fingerprint density at radius 3 is 2.50 bits per heavy atom. The van der Waals surface area contributed by atoms with Gasteiger partial charge in [-0.3, -0.25) is 15.2 Å². The molecule has 2 aromatic carbocycles. The molecule has 0 aliphatic carbocycles. The molecule has 1 aliphatic heterocycles. The summed E-state index contributed by atoms with van der Waals surface area (Å²) in [4.78, 5) is 26.2. The number of amides is 1. The van der Waals surface area contributed by atoms with E-state index in [1.54, 1.807) is 42.7 Å². The van der Waals surface area contributed by atoms with E-state index >= 15 is 4.39 Å². The van der Waals surface area contributed by atoms with E-state index < -0.39 is 11.9 Å². The van der Waals surface area contributed by atoms with Crippen LogP contribution >= 0.6 is 11.6 Å². The summed E-state index contributed by atoms with van der Waals surface area (Å²) in [6.45, 7) is 4.90. The summed E-state index contributed by atoms with van der Waals surface area (Å²) >= 11 is 6.52. The fourth-order valence-electron chi connectivity index (χ4n) is 4.66. The van der Waals surface area contributed by atoms with Crippen molar-refractivity contribution in [1.82, 2.24) is 19.8 Å². The van der Waals surface area contributed by atoms with Gasteiger partial charge in [-0.1, -0.05) is 23.7 Å². The molecule has 0 unspecified atom stereocenters. The van der Waals surface area contributed by atoms with Crippen LogP contribution < -0.4 is 19.5 Å². The number of methoxy groups -OCH3 is 2. The van der Waals surface area contributed by atoms with E-state index in [9.17, 15) is 4.79 Å². The van der Waals surface area contributed by atoms with Crippen molar-refractivity contribution >= 4 is 34.4 Å². The topological polar surface area (TPSA) is 89.1 Å². The van der Waals surface area contributed by atoms with E-state index in [1.807, 2.05) is 6.07 Å². The van der Waals surface area contributed by atoms with Gasteiger partial charge in [-0.2, -0.15) is 0 Å². The van der Waals surface area contributed by atoms with Crippen LogP contribution in [0.2, 0.25) is 5.02 Å². The highest BCUT2D eigenvalue weighted by Gasteiger charge is 2.23. The van der Waals surface area contributed by atoms with Crippen molar-refractivity contribution in [1.29, 1.82) is 0 Å². The van der Waals surface area contributed by atoms with Crippen LogP contribution in [0.15, 0.2) is 54.9 Å². The molecular weight excluding hydrogens is 537 g/mol. The minimum atomic E-state index is -0.730. The first-order valence-electron chi connectivity index (χ1n) is 12.7. The number of piperazine rings is 1. The van der Waals surface area contributed by atoms with Gasteiger partial charge in [-0.25, -0.2) is 14.2 Å². The zero-order valence-electron chi connectivity index (χ0n) is 22.4. The third-order valence-corrected chi connectivity index (χ3v) is 7.21. The Kier molecular flexibility index (Phi) is 8.29. The van der Waals surface area contributed by atoms with Crippen LogP contribution in [0.5, 0.6) is 17.2 Å². The number of hydrogen-bond donors (Lipinski definition) is 1. The number of fused-ring (bicyclic) bond motifs is 1. The van der Waals surface area contributed by atoms with Gasteiger partial charge in [0.25, 0.3) is 0 Å². The maximum atomic E-state index is 15.4. The molecule has 3 heterocycles. The fraction of sp³-hybridized carbons (Fsp3) is 0.276. The number of nitrogens with zero attached hydrogens (tertiary/aromatic N) is 4. The van der Waals surface area contributed by atoms with Gasteiger partial charge < -0.3 is 19.1 Å². The Hall–Kier alpha value is -3.99. The second kappa shape index (κ2) is 12.0. The number of ether oxygens (including phenoxy) is 3. The lowest BCUT2D eigenvalue weighted by Gasteiger charge is -2.32. The van der Waals surface area contributed by atoms with Crippen molar-refractivity contribution in [3.63, 3.8) is 0 Å². The van der Waals surface area contributed by atoms with Crippen molar-refractivity contribution in [2.75, 3.05) is 52.8 Å². The SMILES string of the molecule is COc1cc(OC)c(Cl)c(-c2ccc(OC(=O)Nc3ccc(CN4CCN(C)CC4)cn3)c3ncccc23)c1F. The smallest absolute Gasteiger partial charge is 0.418 e. The quantitative estimate of drug-likeness (QED) is 0.316. The summed E-state index contributed by atoms with van der Waals surface area (Å²) in [5.74, 6) is 0.143. The van der Waals surface area contributed by atoms with Gasteiger partial charge in [0.05, 0.1) is 19.2 Å². The Morgan fingerprint density at radius 2 is 1.80 bits per heavy atom. The van der Waals surface area contributed by atoms with Crippen LogP contribution in [0.3, 0.4) is 0 Å². The van der Waals surface area contributed by atoms with Crippen LogP contribution in [-0.4, -0.2) is 73.3 Å². The normalized spacial score (nSPS) is 14.2. The van der Waals surface area contributed by atoms with Gasteiger partial charge in [0.2, 0.25) is 0 Å². The minimum Gasteiger partial charge on any atom is -0.495 e. The summed E-state index contributed by atoms with van der Waals surface area (Å²) in [6.07, 6.45) is 2.58. The Labute approximate surface area is 236 Å². The Morgan fingerprint density at radius 1 is 1.02 bits per heavy atom. The highest BCUT2D eigenvalue weighted by atomic mass is 35.5. The van der Waals surface area contributed by atoms with E-state index in [-0.39, 0.29) is 27.8 Å². The number of carbonyl (C=O) groups is 1. The van der Waals surface area contributed by atoms with E-state index in [0.29, 0.717) is 22.3 Å². The highest BCUT2D eigenvalue weighted by Crippen LogP contribution is 2.45. The summed E-state index contributed by atoms with van der Waals surface area (Å²) in [6, 6.07) is 11.7. The van der Waals surface area contributed by atoms with E-state index in [2.05, 4.69) is 32.1 Å². The molecule has 4 aromatic rings. The molecule has 1 amide bonds. The van der Waals surface area contributed by atoms with Crippen LogP contribution in [0.1, 0.15) is 5.56 Å². The van der Waals surface area contributed by atoms with E-state index in [1.165, 1.54) is 20.3 Å². The van der Waals surface area contributed by atoms with Gasteiger partial charge in [0.15, 0.2) is 17.3 Å². The average molecular weight is 566 g/mol. The molecule has 11 heteroatoms. The molecule has 5 rings (SSSR count). The van der Waals surface area contributed by atoms with Gasteiger partial charge in [0.1, 0.15) is 17.1 Å². The zero-order valence-corrected chi connectivity index (χ0v) is 23.2. The number of halogens is 2. The molecular formula is C29H29ClFN5O4. The molecule has 0 atom stereocenters. The number of benzene rings is 2. The first-order chi connectivity index (χ1) is 19.4. The summed E-state index contributed by atoms with van der Waals surface area (Å²) in [7, 11) is 4.92. The predicted molar refractivity (Wildman–Crippen MR) is 152 cm³/mol. The van der Waals surface area contributed by atoms with Crippen LogP contribution in [-0.2, 0) is 6.54 Å². The van der Waals surface area contributed by atoms with Crippen molar-refractivity contribution in [2.45, 2.75) is 6.54 Å². The number of carbonyl (C=O) groups excluding carboxylic acids is 1. The largest absolute Gasteiger partial charge is 0.495 e. The number of pyridine rings is 2. The summed E-state index contributed by atoms with van der Waals surface area (Å²) in [5.41, 5.74) is 1.94. The maximum Gasteiger partial charge on any atom is 0.418 e. The maximum absolute atomic E-state index is 15.4.